The second-order valence-corrected chi connectivity index (χ2v) is 6.73. The Morgan fingerprint density at radius 2 is 2.07 bits per heavy atom. The number of nitrogens with zero attached hydrogens (tertiary/aromatic N) is 1. The normalized spacial score (nSPS) is 10.8. The van der Waals surface area contributed by atoms with Gasteiger partial charge in [0, 0.05) is 17.1 Å². The number of ether oxygens (including phenoxy) is 1. The van der Waals surface area contributed by atoms with Crippen molar-refractivity contribution in [2.45, 2.75) is 13.0 Å². The highest BCUT2D eigenvalue weighted by atomic mass is 32.1. The maximum Gasteiger partial charge on any atom is 0.417 e. The van der Waals surface area contributed by atoms with Crippen molar-refractivity contribution < 1.29 is 13.9 Å². The lowest BCUT2D eigenvalue weighted by Crippen LogP contribution is -2.14. The van der Waals surface area contributed by atoms with Crippen molar-refractivity contribution in [2.24, 2.45) is 0 Å². The van der Waals surface area contributed by atoms with Crippen LogP contribution in [0.15, 0.2) is 63.1 Å². The van der Waals surface area contributed by atoms with Gasteiger partial charge in [-0.15, -0.1) is 11.3 Å². The van der Waals surface area contributed by atoms with Crippen LogP contribution in [0.5, 0.6) is 5.75 Å². The molecule has 0 bridgehead atoms. The number of rotatable bonds is 6. The fraction of sp³-hybridized carbons (Fsp3) is 0.105. The molecule has 136 valence electrons. The number of carbonyl (C=O) groups is 1. The van der Waals surface area contributed by atoms with Crippen molar-refractivity contribution in [3.8, 4) is 5.75 Å². The lowest BCUT2D eigenvalue weighted by atomic mass is 10.2. The first-order valence-corrected chi connectivity index (χ1v) is 9.07. The first-order valence-electron chi connectivity index (χ1n) is 8.19. The molecule has 1 amide bonds. The van der Waals surface area contributed by atoms with Gasteiger partial charge in [-0.05, 0) is 24.3 Å². The highest BCUT2D eigenvalue weighted by Gasteiger charge is 2.10. The Bertz CT molecular complexity index is 1130. The standard InChI is InChI=1S/C19H15N3O4S/c23-17(20-12-6-7-15-16(8-12)26-19(24)22-15)9-13-11-27-18(21-13)10-25-14-4-2-1-3-5-14/h1-8,11H,9-10H2,(H,20,23)(H,22,24). The summed E-state index contributed by atoms with van der Waals surface area (Å²) >= 11 is 1.45. The fourth-order valence-corrected chi connectivity index (χ4v) is 3.26. The minimum atomic E-state index is -0.527. The highest BCUT2D eigenvalue weighted by molar-refractivity contribution is 7.09. The van der Waals surface area contributed by atoms with Crippen LogP contribution >= 0.6 is 11.3 Å². The average molecular weight is 381 g/mol. The van der Waals surface area contributed by atoms with E-state index in [2.05, 4.69) is 15.3 Å². The number of hydrogen-bond acceptors (Lipinski definition) is 6. The summed E-state index contributed by atoms with van der Waals surface area (Å²) in [6.45, 7) is 0.361. The predicted octanol–water partition coefficient (Wildman–Crippen LogP) is 3.34. The third-order valence-corrected chi connectivity index (χ3v) is 4.62. The number of para-hydroxylation sites is 1. The number of hydrogen-bond donors (Lipinski definition) is 2. The van der Waals surface area contributed by atoms with Gasteiger partial charge in [-0.2, -0.15) is 0 Å². The van der Waals surface area contributed by atoms with Gasteiger partial charge in [0.15, 0.2) is 5.58 Å². The van der Waals surface area contributed by atoms with Crippen LogP contribution in [-0.2, 0) is 17.8 Å². The number of thiazole rings is 1. The minimum absolute atomic E-state index is 0.150. The number of oxazole rings is 1. The smallest absolute Gasteiger partial charge is 0.417 e. The molecule has 0 saturated heterocycles. The second kappa shape index (κ2) is 7.46. The van der Waals surface area contributed by atoms with E-state index in [1.807, 2.05) is 35.7 Å². The van der Waals surface area contributed by atoms with Crippen molar-refractivity contribution in [3.05, 3.63) is 75.2 Å². The van der Waals surface area contributed by atoms with Gasteiger partial charge < -0.3 is 14.5 Å². The maximum absolute atomic E-state index is 12.2. The van der Waals surface area contributed by atoms with Crippen LogP contribution in [0.2, 0.25) is 0 Å². The highest BCUT2D eigenvalue weighted by Crippen LogP contribution is 2.18. The molecule has 0 spiro atoms. The summed E-state index contributed by atoms with van der Waals surface area (Å²) in [5.74, 6) is 0.0491. The molecule has 0 aliphatic rings. The van der Waals surface area contributed by atoms with Gasteiger partial charge in [0.05, 0.1) is 17.6 Å². The molecule has 0 fully saturated rings. The molecular formula is C19H15N3O4S. The molecule has 2 aromatic carbocycles. The van der Waals surface area contributed by atoms with Gasteiger partial charge in [0.25, 0.3) is 0 Å². The van der Waals surface area contributed by atoms with E-state index in [9.17, 15) is 9.59 Å². The van der Waals surface area contributed by atoms with E-state index >= 15 is 0 Å². The molecule has 2 heterocycles. The van der Waals surface area contributed by atoms with Gasteiger partial charge in [-0.3, -0.25) is 9.78 Å². The Balaban J connectivity index is 1.35. The predicted molar refractivity (Wildman–Crippen MR) is 102 cm³/mol. The fourth-order valence-electron chi connectivity index (χ4n) is 2.55. The zero-order valence-corrected chi connectivity index (χ0v) is 14.9. The molecule has 4 rings (SSSR count). The summed E-state index contributed by atoms with van der Waals surface area (Å²) in [4.78, 5) is 30.4. The lowest BCUT2D eigenvalue weighted by molar-refractivity contribution is -0.115. The van der Waals surface area contributed by atoms with Gasteiger partial charge in [-0.25, -0.2) is 9.78 Å². The Morgan fingerprint density at radius 3 is 2.93 bits per heavy atom. The molecule has 0 saturated carbocycles. The summed E-state index contributed by atoms with van der Waals surface area (Å²) in [5, 5.41) is 5.43. The number of fused-ring (bicyclic) bond motifs is 1. The molecule has 2 N–H and O–H groups in total. The second-order valence-electron chi connectivity index (χ2n) is 5.78. The molecule has 2 aromatic heterocycles. The number of aromatic nitrogens is 2. The van der Waals surface area contributed by atoms with E-state index in [0.29, 0.717) is 29.1 Å². The third kappa shape index (κ3) is 4.24. The number of benzene rings is 2. The first kappa shape index (κ1) is 17.0. The van der Waals surface area contributed by atoms with Crippen LogP contribution in [-0.4, -0.2) is 15.9 Å². The molecule has 0 unspecified atom stereocenters. The van der Waals surface area contributed by atoms with Crippen molar-refractivity contribution >= 4 is 34.0 Å². The molecule has 8 heteroatoms. The average Bonchev–Trinajstić information content (AvgIpc) is 3.25. The Morgan fingerprint density at radius 1 is 1.22 bits per heavy atom. The Hall–Kier alpha value is -3.39. The minimum Gasteiger partial charge on any atom is -0.486 e. The van der Waals surface area contributed by atoms with E-state index in [4.69, 9.17) is 9.15 Å². The zero-order valence-electron chi connectivity index (χ0n) is 14.1. The van der Waals surface area contributed by atoms with E-state index in [-0.39, 0.29) is 12.3 Å². The van der Waals surface area contributed by atoms with Gasteiger partial charge in [-0.1, -0.05) is 18.2 Å². The molecule has 27 heavy (non-hydrogen) atoms. The van der Waals surface area contributed by atoms with Crippen LogP contribution < -0.4 is 15.8 Å². The summed E-state index contributed by atoms with van der Waals surface area (Å²) < 4.78 is 10.6. The summed E-state index contributed by atoms with van der Waals surface area (Å²) in [6, 6.07) is 14.5. The summed E-state index contributed by atoms with van der Waals surface area (Å²) in [7, 11) is 0. The van der Waals surface area contributed by atoms with E-state index in [0.717, 1.165) is 10.8 Å². The molecule has 0 radical (unpaired) electrons. The lowest BCUT2D eigenvalue weighted by Gasteiger charge is -2.04. The molecule has 0 atom stereocenters. The summed E-state index contributed by atoms with van der Waals surface area (Å²) in [6.07, 6.45) is 0.150. The zero-order chi connectivity index (χ0) is 18.6. The van der Waals surface area contributed by atoms with Crippen LogP contribution in [0.25, 0.3) is 11.1 Å². The van der Waals surface area contributed by atoms with Crippen molar-refractivity contribution in [3.63, 3.8) is 0 Å². The number of H-pyrrole nitrogens is 1. The van der Waals surface area contributed by atoms with Crippen LogP contribution in [0.3, 0.4) is 0 Å². The Kier molecular flexibility index (Phi) is 4.71. The van der Waals surface area contributed by atoms with Gasteiger partial charge in [0.1, 0.15) is 17.4 Å². The van der Waals surface area contributed by atoms with Gasteiger partial charge >= 0.3 is 5.76 Å². The van der Waals surface area contributed by atoms with E-state index < -0.39 is 5.76 Å². The summed E-state index contributed by atoms with van der Waals surface area (Å²) in [5.41, 5.74) is 2.21. The molecule has 0 aliphatic heterocycles. The monoisotopic (exact) mass is 381 g/mol. The van der Waals surface area contributed by atoms with Crippen LogP contribution in [0.1, 0.15) is 10.7 Å². The maximum atomic E-state index is 12.2. The molecular weight excluding hydrogens is 366 g/mol. The quantitative estimate of drug-likeness (QED) is 0.534. The SMILES string of the molecule is O=C(Cc1csc(COc2ccccc2)n1)Nc1ccc2[nH]c(=O)oc2c1. The Labute approximate surface area is 157 Å². The molecule has 7 nitrogen and oxygen atoms in total. The topological polar surface area (TPSA) is 97.2 Å². The van der Waals surface area contributed by atoms with E-state index in [1.54, 1.807) is 18.2 Å². The number of carbonyl (C=O) groups excluding carboxylic acids is 1. The van der Waals surface area contributed by atoms with Crippen molar-refractivity contribution in [1.82, 2.24) is 9.97 Å². The van der Waals surface area contributed by atoms with Crippen molar-refractivity contribution in [1.29, 1.82) is 0 Å². The molecule has 4 aromatic rings. The van der Waals surface area contributed by atoms with Crippen LogP contribution in [0, 0.1) is 0 Å². The third-order valence-electron chi connectivity index (χ3n) is 3.75. The van der Waals surface area contributed by atoms with E-state index in [1.165, 1.54) is 11.3 Å². The van der Waals surface area contributed by atoms with Gasteiger partial charge in [0.2, 0.25) is 5.91 Å². The van der Waals surface area contributed by atoms with Crippen LogP contribution in [0.4, 0.5) is 5.69 Å². The van der Waals surface area contributed by atoms with Crippen molar-refractivity contribution in [2.75, 3.05) is 5.32 Å². The number of anilines is 1. The number of nitrogens with one attached hydrogen (secondary N) is 2. The first-order chi connectivity index (χ1) is 13.2. The largest absolute Gasteiger partial charge is 0.486 e. The number of amides is 1. The number of aromatic amines is 1. The molecule has 0 aliphatic carbocycles.